The first-order chi connectivity index (χ1) is 15.6. The molecule has 2 amide bonds. The largest absolute Gasteiger partial charge is 0.377 e. The van der Waals surface area contributed by atoms with E-state index in [1.54, 1.807) is 11.8 Å². The Labute approximate surface area is 193 Å². The molecule has 0 aromatic heterocycles. The molecule has 0 aliphatic carbocycles. The summed E-state index contributed by atoms with van der Waals surface area (Å²) in [6.45, 7) is 1.98. The van der Waals surface area contributed by atoms with Gasteiger partial charge in [-0.05, 0) is 48.4 Å². The van der Waals surface area contributed by atoms with Crippen LogP contribution in [-0.4, -0.2) is 42.2 Å². The molecule has 2 aromatic rings. The maximum atomic E-state index is 12.9. The topological polar surface area (TPSA) is 70.7 Å². The van der Waals surface area contributed by atoms with Crippen LogP contribution in [0.25, 0.3) is 0 Å². The third-order valence-corrected chi connectivity index (χ3v) is 7.52. The summed E-state index contributed by atoms with van der Waals surface area (Å²) in [5, 5.41) is 6.42. The molecule has 2 N–H and O–H groups in total. The van der Waals surface area contributed by atoms with Crippen LogP contribution in [0.2, 0.25) is 0 Å². The Bertz CT molecular complexity index is 1030. The Morgan fingerprint density at radius 1 is 1.19 bits per heavy atom. The van der Waals surface area contributed by atoms with Gasteiger partial charge in [0.15, 0.2) is 0 Å². The number of amides is 2. The fourth-order valence-corrected chi connectivity index (χ4v) is 5.64. The van der Waals surface area contributed by atoms with Crippen molar-refractivity contribution in [1.29, 1.82) is 0 Å². The summed E-state index contributed by atoms with van der Waals surface area (Å²) in [5.74, 6) is -0.0228. The molecule has 0 spiro atoms. The number of fused-ring (bicyclic) bond motifs is 3. The molecule has 3 heterocycles. The smallest absolute Gasteiger partial charge is 0.223 e. The molecule has 0 bridgehead atoms. The first-order valence-electron chi connectivity index (χ1n) is 11.3. The first-order valence-corrected chi connectivity index (χ1v) is 12.6. The average Bonchev–Trinajstić information content (AvgIpc) is 3.38. The van der Waals surface area contributed by atoms with Gasteiger partial charge in [-0.15, -0.1) is 11.8 Å². The first kappa shape index (κ1) is 21.3. The summed E-state index contributed by atoms with van der Waals surface area (Å²) in [4.78, 5) is 28.5. The van der Waals surface area contributed by atoms with Crippen molar-refractivity contribution < 1.29 is 14.3 Å². The Balaban J connectivity index is 1.13. The lowest BCUT2D eigenvalue weighted by Crippen LogP contribution is -2.38. The summed E-state index contributed by atoms with van der Waals surface area (Å²) in [5.41, 5.74) is 4.57. The fraction of sp³-hybridized carbons (Fsp3) is 0.440. The number of ether oxygens (including phenoxy) is 1. The molecule has 3 atom stereocenters. The number of carbonyl (C=O) groups is 2. The molecular formula is C25H29N3O3S. The molecule has 2 saturated heterocycles. The predicted octanol–water partition coefficient (Wildman–Crippen LogP) is 4.03. The van der Waals surface area contributed by atoms with Crippen molar-refractivity contribution in [3.05, 3.63) is 59.2 Å². The molecule has 2 aromatic carbocycles. The predicted molar refractivity (Wildman–Crippen MR) is 126 cm³/mol. The summed E-state index contributed by atoms with van der Waals surface area (Å²) >= 11 is 1.72. The minimum absolute atomic E-state index is 0.0651. The van der Waals surface area contributed by atoms with E-state index in [2.05, 4.69) is 41.2 Å². The molecule has 32 heavy (non-hydrogen) atoms. The molecule has 5 rings (SSSR count). The highest BCUT2D eigenvalue weighted by atomic mass is 32.2. The van der Waals surface area contributed by atoms with Crippen LogP contribution >= 0.6 is 11.8 Å². The van der Waals surface area contributed by atoms with Crippen LogP contribution in [0, 0.1) is 0 Å². The minimum atomic E-state index is -0.0880. The molecule has 1 unspecified atom stereocenters. The third kappa shape index (κ3) is 4.11. The number of nitrogens with zero attached hydrogens (tertiary/aromatic N) is 1. The van der Waals surface area contributed by atoms with Gasteiger partial charge in [-0.3, -0.25) is 9.59 Å². The van der Waals surface area contributed by atoms with Gasteiger partial charge in [0.1, 0.15) is 6.10 Å². The summed E-state index contributed by atoms with van der Waals surface area (Å²) in [6, 6.07) is 15.0. The van der Waals surface area contributed by atoms with E-state index in [0.29, 0.717) is 12.6 Å². The summed E-state index contributed by atoms with van der Waals surface area (Å²) in [6.07, 6.45) is 4.66. The minimum Gasteiger partial charge on any atom is -0.377 e. The monoisotopic (exact) mass is 451 g/mol. The van der Waals surface area contributed by atoms with Gasteiger partial charge >= 0.3 is 0 Å². The maximum absolute atomic E-state index is 12.9. The number of anilines is 1. The van der Waals surface area contributed by atoms with Crippen LogP contribution < -0.4 is 10.6 Å². The maximum Gasteiger partial charge on any atom is 0.223 e. The van der Waals surface area contributed by atoms with Gasteiger partial charge in [0.05, 0.1) is 18.7 Å². The number of thioether (sulfide) groups is 1. The van der Waals surface area contributed by atoms with Crippen molar-refractivity contribution in [2.75, 3.05) is 24.7 Å². The second-order valence-corrected chi connectivity index (χ2v) is 9.54. The van der Waals surface area contributed by atoms with Gasteiger partial charge in [-0.2, -0.15) is 0 Å². The standard InChI is InChI=1S/C25H29N3O3S/c1-32-22-7-3-2-5-17(22)21-6-4-12-28(21)24(30)11-10-23(29)26-14-16-8-9-19-18(13-16)25-20(27-19)15-31-25/h2-3,5,7-9,13,20-21,25,27H,4,6,10-12,14-15H2,1H3,(H,26,29)/t20?,21-,25-/m1/s1. The van der Waals surface area contributed by atoms with Gasteiger partial charge in [0, 0.05) is 42.1 Å². The lowest BCUT2D eigenvalue weighted by molar-refractivity contribution is -0.134. The van der Waals surface area contributed by atoms with Gasteiger partial charge in [0.25, 0.3) is 0 Å². The summed E-state index contributed by atoms with van der Waals surface area (Å²) < 4.78 is 5.64. The zero-order valence-corrected chi connectivity index (χ0v) is 19.1. The zero-order chi connectivity index (χ0) is 22.1. The molecule has 168 valence electrons. The van der Waals surface area contributed by atoms with Gasteiger partial charge in [-0.1, -0.05) is 24.3 Å². The highest BCUT2D eigenvalue weighted by Gasteiger charge is 2.40. The number of nitrogens with one attached hydrogen (secondary N) is 2. The quantitative estimate of drug-likeness (QED) is 0.622. The number of carbonyl (C=O) groups excluding carboxylic acids is 2. The van der Waals surface area contributed by atoms with E-state index in [1.807, 2.05) is 23.1 Å². The average molecular weight is 452 g/mol. The molecule has 6 nitrogen and oxygen atoms in total. The molecule has 0 radical (unpaired) electrons. The van der Waals surface area contributed by atoms with E-state index < -0.39 is 0 Å². The number of hydrogen-bond donors (Lipinski definition) is 2. The molecule has 3 aliphatic rings. The van der Waals surface area contributed by atoms with Crippen LogP contribution in [0.3, 0.4) is 0 Å². The van der Waals surface area contributed by atoms with Crippen molar-refractivity contribution >= 4 is 29.3 Å². The number of likely N-dealkylation sites (tertiary alicyclic amines) is 1. The van der Waals surface area contributed by atoms with E-state index in [4.69, 9.17) is 4.74 Å². The number of benzene rings is 2. The Morgan fingerprint density at radius 3 is 2.88 bits per heavy atom. The molecule has 7 heteroatoms. The van der Waals surface area contributed by atoms with Crippen LogP contribution in [0.5, 0.6) is 0 Å². The molecule has 0 saturated carbocycles. The molecule has 3 aliphatic heterocycles. The van der Waals surface area contributed by atoms with Gasteiger partial charge in [-0.25, -0.2) is 0 Å². The van der Waals surface area contributed by atoms with Gasteiger partial charge < -0.3 is 20.3 Å². The fourth-order valence-electron chi connectivity index (χ4n) is 4.98. The Hall–Kier alpha value is -2.51. The third-order valence-electron chi connectivity index (χ3n) is 6.71. The van der Waals surface area contributed by atoms with E-state index >= 15 is 0 Å². The van der Waals surface area contributed by atoms with E-state index in [0.717, 1.165) is 37.2 Å². The van der Waals surface area contributed by atoms with Crippen LogP contribution in [0.4, 0.5) is 5.69 Å². The summed E-state index contributed by atoms with van der Waals surface area (Å²) in [7, 11) is 0. The highest BCUT2D eigenvalue weighted by Crippen LogP contribution is 2.43. The highest BCUT2D eigenvalue weighted by molar-refractivity contribution is 7.98. The lowest BCUT2D eigenvalue weighted by Gasteiger charge is -2.30. The van der Waals surface area contributed by atoms with Crippen LogP contribution in [0.15, 0.2) is 47.4 Å². The normalized spacial score (nSPS) is 23.2. The second-order valence-electron chi connectivity index (χ2n) is 8.69. The Morgan fingerprint density at radius 2 is 2.06 bits per heavy atom. The number of rotatable bonds is 7. The van der Waals surface area contributed by atoms with Crippen molar-refractivity contribution in [2.45, 2.75) is 55.3 Å². The van der Waals surface area contributed by atoms with E-state index in [1.165, 1.54) is 16.0 Å². The van der Waals surface area contributed by atoms with Crippen LogP contribution in [0.1, 0.15) is 54.5 Å². The lowest BCUT2D eigenvalue weighted by atomic mass is 10.0. The zero-order valence-electron chi connectivity index (χ0n) is 18.3. The van der Waals surface area contributed by atoms with Crippen molar-refractivity contribution in [2.24, 2.45) is 0 Å². The van der Waals surface area contributed by atoms with Crippen molar-refractivity contribution in [3.8, 4) is 0 Å². The van der Waals surface area contributed by atoms with Crippen LogP contribution in [-0.2, 0) is 20.9 Å². The van der Waals surface area contributed by atoms with Crippen molar-refractivity contribution in [1.82, 2.24) is 10.2 Å². The van der Waals surface area contributed by atoms with Gasteiger partial charge in [0.2, 0.25) is 11.8 Å². The van der Waals surface area contributed by atoms with Crippen molar-refractivity contribution in [3.63, 3.8) is 0 Å². The van der Waals surface area contributed by atoms with E-state index in [-0.39, 0.29) is 36.8 Å². The molecule has 2 fully saturated rings. The molecular weight excluding hydrogens is 422 g/mol. The second kappa shape index (κ2) is 9.16. The Kier molecular flexibility index (Phi) is 6.11. The number of hydrogen-bond acceptors (Lipinski definition) is 5. The van der Waals surface area contributed by atoms with E-state index in [9.17, 15) is 9.59 Å². The SMILES string of the molecule is CSc1ccccc1[C@H]1CCCN1C(=O)CCC(=O)NCc1ccc2c(c1)[C@H]1OCC1N2.